The maximum Gasteiger partial charge on any atom is 0.282 e. The van der Waals surface area contributed by atoms with Crippen LogP contribution in [0.3, 0.4) is 0 Å². The number of nitrogens with one attached hydrogen (secondary N) is 1. The van der Waals surface area contributed by atoms with Gasteiger partial charge in [-0.1, -0.05) is 29.8 Å². The zero-order valence-electron chi connectivity index (χ0n) is 21.0. The van der Waals surface area contributed by atoms with Gasteiger partial charge in [0.15, 0.2) is 0 Å². The van der Waals surface area contributed by atoms with Crippen molar-refractivity contribution in [3.63, 3.8) is 0 Å². The minimum absolute atomic E-state index is 0.282. The van der Waals surface area contributed by atoms with Crippen molar-refractivity contribution in [1.82, 2.24) is 0 Å². The van der Waals surface area contributed by atoms with E-state index in [1.807, 2.05) is 98.7 Å². The van der Waals surface area contributed by atoms with Crippen molar-refractivity contribution >= 4 is 40.1 Å². The molecule has 3 aromatic carbocycles. The summed E-state index contributed by atoms with van der Waals surface area (Å²) in [6.45, 7) is 7.97. The Morgan fingerprint density at radius 3 is 1.86 bits per heavy atom. The van der Waals surface area contributed by atoms with Crippen LogP contribution in [0.5, 0.6) is 0 Å². The van der Waals surface area contributed by atoms with Crippen LogP contribution in [0.15, 0.2) is 78.5 Å². The summed E-state index contributed by atoms with van der Waals surface area (Å²) < 4.78 is 0. The minimum Gasteiger partial charge on any atom is -0.378 e. The van der Waals surface area contributed by atoms with E-state index >= 15 is 0 Å². The highest BCUT2D eigenvalue weighted by Crippen LogP contribution is 2.34. The van der Waals surface area contributed by atoms with Crippen molar-refractivity contribution in [3.8, 4) is 0 Å². The van der Waals surface area contributed by atoms with Crippen molar-refractivity contribution in [2.45, 2.75) is 20.8 Å². The molecular weight excluding hydrogens is 436 g/mol. The third kappa shape index (κ3) is 4.78. The van der Waals surface area contributed by atoms with Crippen LogP contribution < -0.4 is 20.0 Å². The second-order valence-corrected chi connectivity index (χ2v) is 8.82. The molecule has 6 heteroatoms. The van der Waals surface area contributed by atoms with E-state index in [2.05, 4.69) is 24.1 Å². The molecular formula is C29H32N4O2. The molecule has 0 unspecified atom stereocenters. The van der Waals surface area contributed by atoms with Gasteiger partial charge in [-0.15, -0.1) is 0 Å². The number of benzene rings is 3. The van der Waals surface area contributed by atoms with Crippen LogP contribution in [0, 0.1) is 6.92 Å². The highest BCUT2D eigenvalue weighted by Gasteiger charge is 2.40. The lowest BCUT2D eigenvalue weighted by Crippen LogP contribution is -2.32. The molecule has 1 aliphatic heterocycles. The van der Waals surface area contributed by atoms with Crippen LogP contribution in [0.25, 0.3) is 5.57 Å². The van der Waals surface area contributed by atoms with Crippen molar-refractivity contribution in [2.75, 3.05) is 47.2 Å². The summed E-state index contributed by atoms with van der Waals surface area (Å²) in [5.41, 5.74) is 5.86. The lowest BCUT2D eigenvalue weighted by Gasteiger charge is -2.22. The van der Waals surface area contributed by atoms with Gasteiger partial charge in [0, 0.05) is 44.2 Å². The third-order valence-corrected chi connectivity index (χ3v) is 6.31. The molecule has 35 heavy (non-hydrogen) atoms. The van der Waals surface area contributed by atoms with Crippen LogP contribution in [0.2, 0.25) is 0 Å². The molecule has 180 valence electrons. The summed E-state index contributed by atoms with van der Waals surface area (Å²) in [5.74, 6) is -0.695. The van der Waals surface area contributed by atoms with Gasteiger partial charge in [0.05, 0.1) is 11.3 Å². The number of imide groups is 1. The Bertz CT molecular complexity index is 1240. The molecule has 0 saturated heterocycles. The largest absolute Gasteiger partial charge is 0.378 e. The molecule has 0 atom stereocenters. The first kappa shape index (κ1) is 24.1. The number of hydrogen-bond acceptors (Lipinski definition) is 5. The molecule has 6 nitrogen and oxygen atoms in total. The van der Waals surface area contributed by atoms with Crippen molar-refractivity contribution in [3.05, 3.63) is 89.6 Å². The van der Waals surface area contributed by atoms with Crippen molar-refractivity contribution < 1.29 is 9.59 Å². The monoisotopic (exact) mass is 468 g/mol. The van der Waals surface area contributed by atoms with Crippen LogP contribution in [0.4, 0.5) is 22.7 Å². The van der Waals surface area contributed by atoms with E-state index in [4.69, 9.17) is 0 Å². The summed E-state index contributed by atoms with van der Waals surface area (Å²) >= 11 is 0. The number of carbonyl (C=O) groups excluding carboxylic acids is 2. The smallest absolute Gasteiger partial charge is 0.282 e. The number of aryl methyl sites for hydroxylation is 1. The highest BCUT2D eigenvalue weighted by molar-refractivity contribution is 6.46. The second-order valence-electron chi connectivity index (χ2n) is 8.82. The highest BCUT2D eigenvalue weighted by atomic mass is 16.2. The van der Waals surface area contributed by atoms with E-state index in [1.54, 1.807) is 0 Å². The van der Waals surface area contributed by atoms with Crippen LogP contribution in [0.1, 0.15) is 25.0 Å². The average Bonchev–Trinajstić information content (AvgIpc) is 3.10. The van der Waals surface area contributed by atoms with E-state index < -0.39 is 0 Å². The molecule has 4 rings (SSSR count). The number of anilines is 4. The Labute approximate surface area is 207 Å². The summed E-state index contributed by atoms with van der Waals surface area (Å²) in [6, 6.07) is 23.0. The van der Waals surface area contributed by atoms with Crippen LogP contribution in [-0.4, -0.2) is 39.0 Å². The second kappa shape index (κ2) is 10.1. The number of amides is 2. The Hall–Kier alpha value is -4.06. The fourth-order valence-electron chi connectivity index (χ4n) is 4.26. The molecule has 1 aliphatic rings. The molecule has 0 spiro atoms. The normalized spacial score (nSPS) is 13.5. The van der Waals surface area contributed by atoms with E-state index in [0.29, 0.717) is 16.8 Å². The number of hydrogen-bond donors (Lipinski definition) is 1. The van der Waals surface area contributed by atoms with Gasteiger partial charge in [0.25, 0.3) is 11.8 Å². The Balaban J connectivity index is 1.72. The summed E-state index contributed by atoms with van der Waals surface area (Å²) in [6.07, 6.45) is 0. The van der Waals surface area contributed by atoms with Gasteiger partial charge in [-0.3, -0.25) is 9.59 Å². The van der Waals surface area contributed by atoms with E-state index in [1.165, 1.54) is 4.90 Å². The molecule has 0 fully saturated rings. The molecule has 1 heterocycles. The fourth-order valence-corrected chi connectivity index (χ4v) is 4.26. The van der Waals surface area contributed by atoms with Gasteiger partial charge in [0.1, 0.15) is 5.70 Å². The van der Waals surface area contributed by atoms with Crippen molar-refractivity contribution in [1.29, 1.82) is 0 Å². The number of rotatable bonds is 8. The predicted molar refractivity (Wildman–Crippen MR) is 145 cm³/mol. The summed E-state index contributed by atoms with van der Waals surface area (Å²) in [4.78, 5) is 32.8. The van der Waals surface area contributed by atoms with Gasteiger partial charge in [0.2, 0.25) is 0 Å². The van der Waals surface area contributed by atoms with Crippen LogP contribution in [-0.2, 0) is 9.59 Å². The predicted octanol–water partition coefficient (Wildman–Crippen LogP) is 5.30. The van der Waals surface area contributed by atoms with Crippen LogP contribution >= 0.6 is 0 Å². The van der Waals surface area contributed by atoms with Gasteiger partial charge in [-0.05, 0) is 74.9 Å². The fraction of sp³-hybridized carbons (Fsp3) is 0.241. The topological polar surface area (TPSA) is 55.9 Å². The van der Waals surface area contributed by atoms with Gasteiger partial charge < -0.3 is 15.1 Å². The Morgan fingerprint density at radius 2 is 1.31 bits per heavy atom. The first-order chi connectivity index (χ1) is 16.8. The SMILES string of the molecule is CCN(CC)c1ccc(N2C(=O)C(Nc3ccc(N(C)C)cc3)=C(c3ccc(C)cc3)C2=O)cc1. The average molecular weight is 469 g/mol. The molecule has 0 saturated carbocycles. The van der Waals surface area contributed by atoms with Gasteiger partial charge in [-0.25, -0.2) is 4.90 Å². The lowest BCUT2D eigenvalue weighted by molar-refractivity contribution is -0.120. The molecule has 0 radical (unpaired) electrons. The van der Waals surface area contributed by atoms with Gasteiger partial charge in [-0.2, -0.15) is 0 Å². The van der Waals surface area contributed by atoms with E-state index in [9.17, 15) is 9.59 Å². The standard InChI is InChI=1S/C29H32N4O2/c1-6-32(7-2)24-16-18-25(19-17-24)33-28(34)26(21-10-8-20(3)9-11-21)27(29(33)35)30-22-12-14-23(15-13-22)31(4)5/h8-19,30H,6-7H2,1-5H3. The third-order valence-electron chi connectivity index (χ3n) is 6.31. The van der Waals surface area contributed by atoms with E-state index in [-0.39, 0.29) is 17.5 Å². The lowest BCUT2D eigenvalue weighted by atomic mass is 10.0. The Kier molecular flexibility index (Phi) is 6.92. The Morgan fingerprint density at radius 1 is 0.743 bits per heavy atom. The quantitative estimate of drug-likeness (QED) is 0.455. The molecule has 2 amide bonds. The molecule has 1 N–H and O–H groups in total. The minimum atomic E-state index is -0.363. The molecule has 0 aromatic heterocycles. The maximum atomic E-state index is 13.7. The molecule has 0 bridgehead atoms. The van der Waals surface area contributed by atoms with Crippen molar-refractivity contribution in [2.24, 2.45) is 0 Å². The summed E-state index contributed by atoms with van der Waals surface area (Å²) in [7, 11) is 3.95. The molecule has 3 aromatic rings. The number of carbonyl (C=O) groups is 2. The first-order valence-electron chi connectivity index (χ1n) is 11.9. The zero-order chi connectivity index (χ0) is 25.1. The summed E-state index contributed by atoms with van der Waals surface area (Å²) in [5, 5.41) is 3.24. The first-order valence-corrected chi connectivity index (χ1v) is 11.9. The van der Waals surface area contributed by atoms with Gasteiger partial charge >= 0.3 is 0 Å². The number of nitrogens with zero attached hydrogens (tertiary/aromatic N) is 3. The van der Waals surface area contributed by atoms with E-state index in [0.717, 1.165) is 35.7 Å². The maximum absolute atomic E-state index is 13.7. The molecule has 0 aliphatic carbocycles. The zero-order valence-corrected chi connectivity index (χ0v) is 21.0.